The number of aryl methyl sites for hydroxylation is 1. The molecule has 0 aliphatic carbocycles. The van der Waals surface area contributed by atoms with E-state index in [1.165, 1.54) is 0 Å². The highest BCUT2D eigenvalue weighted by Gasteiger charge is 2.35. The molecule has 1 N–H and O–H groups in total. The smallest absolute Gasteiger partial charge is 0.257 e. The topological polar surface area (TPSA) is 70.8 Å². The number of morpholine rings is 1. The summed E-state index contributed by atoms with van der Waals surface area (Å²) in [5.41, 5.74) is 0.656. The van der Waals surface area contributed by atoms with E-state index in [1.807, 2.05) is 11.9 Å². The first-order valence-corrected chi connectivity index (χ1v) is 8.89. The Morgan fingerprint density at radius 3 is 2.83 bits per heavy atom. The summed E-state index contributed by atoms with van der Waals surface area (Å²) in [5, 5.41) is 13.3. The fourth-order valence-electron chi connectivity index (χ4n) is 3.95. The SMILES string of the molecule is Cn1cc(C(=O)N2CC[C@H](N3CCOCC3)[C@H](CCCO)C2)cn1. The van der Waals surface area contributed by atoms with Crippen molar-refractivity contribution in [2.75, 3.05) is 46.0 Å². The van der Waals surface area contributed by atoms with Gasteiger partial charge in [0.25, 0.3) is 5.91 Å². The van der Waals surface area contributed by atoms with Crippen LogP contribution in [0.2, 0.25) is 0 Å². The maximum atomic E-state index is 12.7. The van der Waals surface area contributed by atoms with Crippen molar-refractivity contribution in [3.8, 4) is 0 Å². The van der Waals surface area contributed by atoms with Crippen LogP contribution in [0.1, 0.15) is 29.6 Å². The van der Waals surface area contributed by atoms with Crippen LogP contribution in [0.25, 0.3) is 0 Å². The summed E-state index contributed by atoms with van der Waals surface area (Å²) in [4.78, 5) is 17.2. The molecule has 1 aromatic rings. The second kappa shape index (κ2) is 8.09. The summed E-state index contributed by atoms with van der Waals surface area (Å²) in [7, 11) is 1.82. The van der Waals surface area contributed by atoms with Crippen molar-refractivity contribution in [1.82, 2.24) is 19.6 Å². The van der Waals surface area contributed by atoms with Gasteiger partial charge in [-0.2, -0.15) is 5.10 Å². The highest BCUT2D eigenvalue weighted by molar-refractivity contribution is 5.93. The quantitative estimate of drug-likeness (QED) is 0.840. The second-order valence-electron chi connectivity index (χ2n) is 6.78. The Morgan fingerprint density at radius 1 is 1.38 bits per heavy atom. The number of nitrogens with zero attached hydrogens (tertiary/aromatic N) is 4. The molecule has 3 rings (SSSR count). The van der Waals surface area contributed by atoms with Crippen LogP contribution >= 0.6 is 0 Å². The van der Waals surface area contributed by atoms with Crippen LogP contribution in [-0.4, -0.2) is 82.6 Å². The van der Waals surface area contributed by atoms with Gasteiger partial charge >= 0.3 is 0 Å². The van der Waals surface area contributed by atoms with Gasteiger partial charge in [-0.05, 0) is 25.2 Å². The first-order valence-electron chi connectivity index (χ1n) is 8.89. The normalized spacial score (nSPS) is 25.8. The number of carbonyl (C=O) groups is 1. The highest BCUT2D eigenvalue weighted by atomic mass is 16.5. The van der Waals surface area contributed by atoms with Gasteiger partial charge in [0, 0.05) is 52.1 Å². The summed E-state index contributed by atoms with van der Waals surface area (Å²) < 4.78 is 7.13. The Hall–Kier alpha value is -1.44. The predicted molar refractivity (Wildman–Crippen MR) is 89.7 cm³/mol. The lowest BCUT2D eigenvalue weighted by molar-refractivity contribution is -0.0196. The van der Waals surface area contributed by atoms with Gasteiger partial charge < -0.3 is 14.7 Å². The molecule has 1 aromatic heterocycles. The van der Waals surface area contributed by atoms with E-state index in [9.17, 15) is 9.90 Å². The summed E-state index contributed by atoms with van der Waals surface area (Å²) in [5.74, 6) is 0.474. The van der Waals surface area contributed by atoms with Crippen molar-refractivity contribution >= 4 is 5.91 Å². The standard InChI is InChI=1S/C17H28N4O3/c1-19-12-15(11-18-19)17(23)21-5-4-16(14(13-21)3-2-8-22)20-6-9-24-10-7-20/h11-12,14,16,22H,2-10,13H2,1H3/t14-,16+/m1/s1. The number of hydrogen-bond acceptors (Lipinski definition) is 5. The van der Waals surface area contributed by atoms with Crippen LogP contribution in [0.5, 0.6) is 0 Å². The molecule has 0 saturated carbocycles. The van der Waals surface area contributed by atoms with Crippen LogP contribution < -0.4 is 0 Å². The minimum Gasteiger partial charge on any atom is -0.396 e. The molecule has 2 aliphatic rings. The minimum absolute atomic E-state index is 0.0672. The third-order valence-electron chi connectivity index (χ3n) is 5.18. The molecule has 1 amide bonds. The van der Waals surface area contributed by atoms with E-state index in [4.69, 9.17) is 4.74 Å². The molecule has 2 saturated heterocycles. The van der Waals surface area contributed by atoms with E-state index in [1.54, 1.807) is 17.1 Å². The molecule has 2 aliphatic heterocycles. The van der Waals surface area contributed by atoms with Crippen molar-refractivity contribution in [2.24, 2.45) is 13.0 Å². The first-order chi connectivity index (χ1) is 11.7. The van der Waals surface area contributed by atoms with E-state index in [0.717, 1.165) is 58.7 Å². The number of carbonyl (C=O) groups excluding carboxylic acids is 1. The third kappa shape index (κ3) is 3.96. The van der Waals surface area contributed by atoms with Crippen molar-refractivity contribution in [2.45, 2.75) is 25.3 Å². The summed E-state index contributed by atoms with van der Waals surface area (Å²) in [6, 6.07) is 0.485. The average Bonchev–Trinajstić information content (AvgIpc) is 3.06. The van der Waals surface area contributed by atoms with E-state index in [0.29, 0.717) is 17.5 Å². The molecule has 0 radical (unpaired) electrons. The van der Waals surface area contributed by atoms with Gasteiger partial charge in [-0.25, -0.2) is 0 Å². The summed E-state index contributed by atoms with van der Waals surface area (Å²) in [6.07, 6.45) is 6.15. The largest absolute Gasteiger partial charge is 0.396 e. The van der Waals surface area contributed by atoms with Gasteiger partial charge in [0.05, 0.1) is 25.0 Å². The maximum Gasteiger partial charge on any atom is 0.257 e. The lowest BCUT2D eigenvalue weighted by Gasteiger charge is -2.45. The lowest BCUT2D eigenvalue weighted by Crippen LogP contribution is -2.55. The molecule has 134 valence electrons. The van der Waals surface area contributed by atoms with Crippen LogP contribution in [0.15, 0.2) is 12.4 Å². The number of aliphatic hydroxyl groups excluding tert-OH is 1. The van der Waals surface area contributed by atoms with E-state index >= 15 is 0 Å². The van der Waals surface area contributed by atoms with Crippen LogP contribution in [0.3, 0.4) is 0 Å². The number of aliphatic hydroxyl groups is 1. The van der Waals surface area contributed by atoms with Gasteiger partial charge in [-0.3, -0.25) is 14.4 Å². The van der Waals surface area contributed by atoms with Crippen molar-refractivity contribution < 1.29 is 14.6 Å². The third-order valence-corrected chi connectivity index (χ3v) is 5.18. The van der Waals surface area contributed by atoms with Crippen LogP contribution in [0, 0.1) is 5.92 Å². The monoisotopic (exact) mass is 336 g/mol. The molecule has 24 heavy (non-hydrogen) atoms. The Bertz CT molecular complexity index is 542. The molecular formula is C17H28N4O3. The molecule has 0 bridgehead atoms. The Kier molecular flexibility index (Phi) is 5.86. The number of likely N-dealkylation sites (tertiary alicyclic amines) is 1. The predicted octanol–water partition coefficient (Wildman–Crippen LogP) is 0.356. The molecule has 2 atom stereocenters. The maximum absolute atomic E-state index is 12.7. The van der Waals surface area contributed by atoms with Gasteiger partial charge in [-0.15, -0.1) is 0 Å². The van der Waals surface area contributed by atoms with Crippen LogP contribution in [-0.2, 0) is 11.8 Å². The number of rotatable bonds is 5. The zero-order valence-corrected chi connectivity index (χ0v) is 14.4. The Labute approximate surface area is 143 Å². The van der Waals surface area contributed by atoms with Gasteiger partial charge in [0.2, 0.25) is 0 Å². The van der Waals surface area contributed by atoms with Crippen molar-refractivity contribution in [1.29, 1.82) is 0 Å². The fourth-order valence-corrected chi connectivity index (χ4v) is 3.95. The second-order valence-corrected chi connectivity index (χ2v) is 6.78. The number of amides is 1. The summed E-state index contributed by atoms with van der Waals surface area (Å²) >= 11 is 0. The number of hydrogen-bond donors (Lipinski definition) is 1. The van der Waals surface area contributed by atoms with Crippen molar-refractivity contribution in [3.63, 3.8) is 0 Å². The summed E-state index contributed by atoms with van der Waals surface area (Å²) in [6.45, 7) is 5.28. The molecule has 7 nitrogen and oxygen atoms in total. The fraction of sp³-hybridized carbons (Fsp3) is 0.765. The average molecular weight is 336 g/mol. The first kappa shape index (κ1) is 17.4. The Morgan fingerprint density at radius 2 is 2.17 bits per heavy atom. The molecule has 7 heteroatoms. The van der Waals surface area contributed by atoms with Gasteiger partial charge in [0.15, 0.2) is 0 Å². The van der Waals surface area contributed by atoms with E-state index in [-0.39, 0.29) is 12.5 Å². The molecule has 0 aromatic carbocycles. The van der Waals surface area contributed by atoms with Crippen molar-refractivity contribution in [3.05, 3.63) is 18.0 Å². The van der Waals surface area contributed by atoms with Gasteiger partial charge in [0.1, 0.15) is 0 Å². The van der Waals surface area contributed by atoms with Gasteiger partial charge in [-0.1, -0.05) is 0 Å². The number of piperidine rings is 1. The molecule has 0 unspecified atom stereocenters. The zero-order chi connectivity index (χ0) is 16.9. The highest BCUT2D eigenvalue weighted by Crippen LogP contribution is 2.27. The minimum atomic E-state index is 0.0672. The number of aromatic nitrogens is 2. The molecular weight excluding hydrogens is 308 g/mol. The molecule has 3 heterocycles. The molecule has 2 fully saturated rings. The lowest BCUT2D eigenvalue weighted by atomic mass is 9.86. The molecule has 0 spiro atoms. The number of ether oxygens (including phenoxy) is 1. The van der Waals surface area contributed by atoms with E-state index in [2.05, 4.69) is 10.00 Å². The van der Waals surface area contributed by atoms with Crippen LogP contribution in [0.4, 0.5) is 0 Å². The Balaban J connectivity index is 1.67. The van der Waals surface area contributed by atoms with E-state index < -0.39 is 0 Å². The zero-order valence-electron chi connectivity index (χ0n) is 14.4.